The summed E-state index contributed by atoms with van der Waals surface area (Å²) in [5, 5.41) is 47.1. The number of alkyl halides is 3. The first-order valence-corrected chi connectivity index (χ1v) is 11.7. The molecule has 4 rings (SSSR count). The van der Waals surface area contributed by atoms with Gasteiger partial charge >= 0.3 is 6.18 Å². The maximum Gasteiger partial charge on any atom is 0.418 e. The number of hydrogen-bond acceptors (Lipinski definition) is 6. The van der Waals surface area contributed by atoms with E-state index in [2.05, 4.69) is 4.98 Å². The molecule has 0 unspecified atom stereocenters. The summed E-state index contributed by atoms with van der Waals surface area (Å²) >= 11 is 0. The van der Waals surface area contributed by atoms with Gasteiger partial charge in [-0.15, -0.1) is 0 Å². The van der Waals surface area contributed by atoms with Gasteiger partial charge in [0.1, 0.15) is 41.5 Å². The molecule has 1 aliphatic carbocycles. The molecule has 0 radical (unpaired) electrons. The molecule has 47 heavy (non-hydrogen) atoms. The molecule has 0 amide bonds. The fourth-order valence-corrected chi connectivity index (χ4v) is 4.45. The van der Waals surface area contributed by atoms with Gasteiger partial charge in [0.15, 0.2) is 52.4 Å². The van der Waals surface area contributed by atoms with E-state index >= 15 is 17.6 Å². The molecular weight excluding hydrogens is 660 g/mol. The normalized spacial score (nSPS) is 14.3. The summed E-state index contributed by atoms with van der Waals surface area (Å²) in [6, 6.07) is 4.62. The van der Waals surface area contributed by atoms with E-state index in [0.717, 1.165) is 30.3 Å². The summed E-state index contributed by atoms with van der Waals surface area (Å²) < 4.78 is 175. The maximum absolute atomic E-state index is 15.0. The van der Waals surface area contributed by atoms with Gasteiger partial charge in [-0.1, -0.05) is 0 Å². The topological polar surface area (TPSA) is 132 Å². The van der Waals surface area contributed by atoms with Crippen molar-refractivity contribution in [2.45, 2.75) is 6.18 Å². The molecule has 2 aromatic carbocycles. The molecule has 1 heterocycles. The van der Waals surface area contributed by atoms with E-state index in [-0.39, 0.29) is 12.4 Å². The number of nitriles is 5. The Labute approximate surface area is 252 Å². The van der Waals surface area contributed by atoms with Crippen LogP contribution in [0.2, 0.25) is 0 Å². The van der Waals surface area contributed by atoms with Crippen molar-refractivity contribution in [2.75, 3.05) is 0 Å². The van der Waals surface area contributed by atoms with Crippen molar-refractivity contribution < 1.29 is 52.7 Å². The van der Waals surface area contributed by atoms with E-state index in [0.29, 0.717) is 0 Å². The Morgan fingerprint density at radius 1 is 0.489 bits per heavy atom. The molecule has 0 saturated heterocycles. The van der Waals surface area contributed by atoms with Gasteiger partial charge in [-0.2, -0.15) is 39.5 Å². The first-order chi connectivity index (χ1) is 22.0. The third-order valence-corrected chi connectivity index (χ3v) is 6.48. The van der Waals surface area contributed by atoms with Crippen molar-refractivity contribution >= 4 is 16.7 Å². The molecule has 1 fully saturated rings. The molecule has 0 N–H and O–H groups in total. The lowest BCUT2D eigenvalue weighted by molar-refractivity contribution is -0.138. The molecule has 6 nitrogen and oxygen atoms in total. The van der Waals surface area contributed by atoms with Crippen molar-refractivity contribution in [3.8, 4) is 30.3 Å². The number of pyridine rings is 1. The Balaban J connectivity index is 2.36. The highest BCUT2D eigenvalue weighted by Crippen LogP contribution is 2.57. The van der Waals surface area contributed by atoms with Crippen LogP contribution in [0.1, 0.15) is 33.4 Å². The SMILES string of the molecule is N#CC(=C1C(=C(C#N)c2c(F)c(F)c(C#N)c(F)c2F)C1=C(C#N)c1c(F)c(F)c(C#N)c(F)c1F)c1c(F)cncc1C(F)(F)F. The fraction of sp³-hybridized carbons (Fsp3) is 0.0345. The number of aromatic nitrogens is 1. The smallest absolute Gasteiger partial charge is 0.261 e. The Morgan fingerprint density at radius 2 is 0.809 bits per heavy atom. The van der Waals surface area contributed by atoms with Crippen LogP contribution in [0.5, 0.6) is 0 Å². The average Bonchev–Trinajstić information content (AvgIpc) is 3.74. The highest BCUT2D eigenvalue weighted by atomic mass is 19.4. The van der Waals surface area contributed by atoms with Crippen molar-refractivity contribution in [1.29, 1.82) is 26.3 Å². The minimum Gasteiger partial charge on any atom is -0.261 e. The van der Waals surface area contributed by atoms with Crippen LogP contribution >= 0.6 is 0 Å². The average molecular weight is 662 g/mol. The Bertz CT molecular complexity index is 2110. The molecule has 0 bridgehead atoms. The van der Waals surface area contributed by atoms with E-state index in [9.17, 15) is 50.9 Å². The predicted molar refractivity (Wildman–Crippen MR) is 129 cm³/mol. The van der Waals surface area contributed by atoms with E-state index in [1.165, 1.54) is 0 Å². The number of rotatable bonds is 3. The highest BCUT2D eigenvalue weighted by molar-refractivity contribution is 6.12. The number of allylic oxidation sites excluding steroid dienone is 6. The van der Waals surface area contributed by atoms with E-state index in [4.69, 9.17) is 10.5 Å². The van der Waals surface area contributed by atoms with E-state index in [1.54, 1.807) is 0 Å². The first-order valence-electron chi connectivity index (χ1n) is 11.7. The van der Waals surface area contributed by atoms with Gasteiger partial charge in [0.05, 0.1) is 39.6 Å². The molecule has 0 atom stereocenters. The third-order valence-electron chi connectivity index (χ3n) is 6.48. The van der Waals surface area contributed by atoms with Crippen molar-refractivity contribution in [2.24, 2.45) is 0 Å². The fourth-order valence-electron chi connectivity index (χ4n) is 4.45. The summed E-state index contributed by atoms with van der Waals surface area (Å²) in [5.74, 6) is -21.6. The minimum atomic E-state index is -5.53. The lowest BCUT2D eigenvalue weighted by Crippen LogP contribution is -2.11. The van der Waals surface area contributed by atoms with E-state index in [1.807, 2.05) is 0 Å². The first kappa shape index (κ1) is 33.3. The number of hydrogen-bond donors (Lipinski definition) is 0. The largest absolute Gasteiger partial charge is 0.418 e. The van der Waals surface area contributed by atoms with Crippen LogP contribution in [-0.4, -0.2) is 4.98 Å². The molecule has 0 spiro atoms. The standard InChI is InChI=1S/C29H2F12N6/c30-14-7-47-6-13(29(39,40)41)15(14)8(1-42)16-17(9(2-43)19-25(35)21(31)11(4-45)22(32)26(19)36)18(16)10(3-44)20-27(37)23(33)12(5-46)24(34)28(20)38/h6-7H. The van der Waals surface area contributed by atoms with Gasteiger partial charge in [0.25, 0.3) is 0 Å². The van der Waals surface area contributed by atoms with Gasteiger partial charge in [-0.25, -0.2) is 39.5 Å². The molecule has 232 valence electrons. The summed E-state index contributed by atoms with van der Waals surface area (Å²) in [6.45, 7) is 0. The number of benzene rings is 2. The third kappa shape index (κ3) is 4.97. The van der Waals surface area contributed by atoms with Gasteiger partial charge in [-0.05, 0) is 0 Å². The van der Waals surface area contributed by atoms with Gasteiger partial charge in [0.2, 0.25) is 0 Å². The van der Waals surface area contributed by atoms with Crippen LogP contribution in [0.4, 0.5) is 52.7 Å². The Kier molecular flexibility index (Phi) is 8.32. The minimum absolute atomic E-state index is 0.0166. The van der Waals surface area contributed by atoms with Crippen molar-refractivity contribution in [1.82, 2.24) is 4.98 Å². The monoisotopic (exact) mass is 662 g/mol. The number of nitrogens with zero attached hydrogens (tertiary/aromatic N) is 6. The summed E-state index contributed by atoms with van der Waals surface area (Å²) in [5.41, 5.74) is -20.5. The molecule has 3 aromatic rings. The molecule has 1 saturated carbocycles. The number of halogens is 12. The van der Waals surface area contributed by atoms with Gasteiger partial charge in [0, 0.05) is 28.5 Å². The lowest BCUT2D eigenvalue weighted by Gasteiger charge is -2.12. The zero-order chi connectivity index (χ0) is 35.3. The summed E-state index contributed by atoms with van der Waals surface area (Å²) in [7, 11) is 0. The zero-order valence-electron chi connectivity index (χ0n) is 21.9. The summed E-state index contributed by atoms with van der Waals surface area (Å²) in [4.78, 5) is 2.99. The lowest BCUT2D eigenvalue weighted by atomic mass is 9.98. The van der Waals surface area contributed by atoms with E-state index < -0.39 is 125 Å². The van der Waals surface area contributed by atoms with Crippen LogP contribution in [0, 0.1) is 109 Å². The second kappa shape index (κ2) is 11.7. The molecular formula is C29H2F12N6. The van der Waals surface area contributed by atoms with Crippen molar-refractivity contribution in [3.63, 3.8) is 0 Å². The second-order valence-electron chi connectivity index (χ2n) is 8.86. The quantitative estimate of drug-likeness (QED) is 0.164. The second-order valence-corrected chi connectivity index (χ2v) is 8.86. The van der Waals surface area contributed by atoms with Crippen LogP contribution in [0.15, 0.2) is 29.1 Å². The van der Waals surface area contributed by atoms with Crippen LogP contribution in [0.25, 0.3) is 16.7 Å². The highest BCUT2D eigenvalue weighted by Gasteiger charge is 2.47. The zero-order valence-corrected chi connectivity index (χ0v) is 21.9. The molecule has 1 aliphatic rings. The van der Waals surface area contributed by atoms with Crippen LogP contribution in [0.3, 0.4) is 0 Å². The van der Waals surface area contributed by atoms with Gasteiger partial charge in [-0.3, -0.25) is 4.98 Å². The Hall–Kier alpha value is -6.58. The predicted octanol–water partition coefficient (Wildman–Crippen LogP) is 7.34. The maximum atomic E-state index is 15.0. The molecule has 18 heteroatoms. The molecule has 0 aliphatic heterocycles. The van der Waals surface area contributed by atoms with Gasteiger partial charge < -0.3 is 0 Å². The van der Waals surface area contributed by atoms with Crippen LogP contribution in [-0.2, 0) is 6.18 Å². The Morgan fingerprint density at radius 3 is 1.09 bits per heavy atom. The molecule has 1 aromatic heterocycles. The van der Waals surface area contributed by atoms with Crippen molar-refractivity contribution in [3.05, 3.63) is 115 Å². The van der Waals surface area contributed by atoms with Crippen LogP contribution < -0.4 is 0 Å². The summed E-state index contributed by atoms with van der Waals surface area (Å²) in [6.07, 6.45) is -5.41.